The second-order valence-electron chi connectivity index (χ2n) is 12.4. The molecule has 0 aliphatic heterocycles. The SMILES string of the molecule is Cc1cc(C#N)cc(C#N)c1-n1c2ccc(-c3ccc(C4=CCCC=C4)cc3)cc2c2cc(-c3ccc(-c4ccccc4)cc3)ccc21. The van der Waals surface area contributed by atoms with Gasteiger partial charge in [-0.15, -0.1) is 0 Å². The number of aryl methyl sites for hydroxylation is 1. The van der Waals surface area contributed by atoms with Crippen LogP contribution in [0.3, 0.4) is 0 Å². The predicted octanol–water partition coefficient (Wildman–Crippen LogP) is 11.6. The summed E-state index contributed by atoms with van der Waals surface area (Å²) < 4.78 is 2.19. The normalized spacial score (nSPS) is 12.5. The molecule has 0 radical (unpaired) electrons. The molecular weight excluding hydrogens is 583 g/mol. The molecule has 1 heterocycles. The van der Waals surface area contributed by atoms with E-state index in [2.05, 4.69) is 144 Å². The number of aromatic nitrogens is 1. The van der Waals surface area contributed by atoms with Crippen LogP contribution in [0.2, 0.25) is 0 Å². The Morgan fingerprint density at radius 3 is 1.62 bits per heavy atom. The van der Waals surface area contributed by atoms with Crippen LogP contribution < -0.4 is 0 Å². The summed E-state index contributed by atoms with van der Waals surface area (Å²) >= 11 is 0. The molecule has 0 amide bonds. The number of fused-ring (bicyclic) bond motifs is 3. The van der Waals surface area contributed by atoms with Gasteiger partial charge in [0, 0.05) is 10.8 Å². The van der Waals surface area contributed by atoms with Crippen LogP contribution in [-0.2, 0) is 0 Å². The third-order valence-electron chi connectivity index (χ3n) is 9.41. The zero-order valence-corrected chi connectivity index (χ0v) is 26.6. The highest BCUT2D eigenvalue weighted by Crippen LogP contribution is 2.39. The number of nitrogens with zero attached hydrogens (tertiary/aromatic N) is 3. The molecule has 6 aromatic carbocycles. The number of nitriles is 2. The molecule has 1 aliphatic rings. The van der Waals surface area contributed by atoms with Gasteiger partial charge in [0.2, 0.25) is 0 Å². The molecule has 0 saturated carbocycles. The van der Waals surface area contributed by atoms with E-state index in [0.717, 1.165) is 68.2 Å². The highest BCUT2D eigenvalue weighted by Gasteiger charge is 2.19. The smallest absolute Gasteiger partial charge is 0.101 e. The van der Waals surface area contributed by atoms with Crippen LogP contribution >= 0.6 is 0 Å². The van der Waals surface area contributed by atoms with E-state index >= 15 is 0 Å². The van der Waals surface area contributed by atoms with Crippen molar-refractivity contribution < 1.29 is 0 Å². The number of hydrogen-bond acceptors (Lipinski definition) is 2. The molecule has 0 bridgehead atoms. The standard InChI is InChI=1S/C45H31N3/c1-30-24-31(28-46)25-40(29-47)45(30)48-43-22-20-38(36-16-12-34(13-17-36)32-8-4-2-5-9-32)26-41(43)42-27-39(21-23-44(42)48)37-18-14-35(15-19-37)33-10-6-3-7-11-33/h2,4-6,8-27H,3,7H2,1H3. The van der Waals surface area contributed by atoms with Crippen LogP contribution in [0.5, 0.6) is 0 Å². The van der Waals surface area contributed by atoms with Crippen LogP contribution in [-0.4, -0.2) is 4.57 Å². The maximum Gasteiger partial charge on any atom is 0.101 e. The van der Waals surface area contributed by atoms with Crippen LogP contribution in [0.1, 0.15) is 35.1 Å². The maximum atomic E-state index is 10.2. The van der Waals surface area contributed by atoms with Gasteiger partial charge in [0.25, 0.3) is 0 Å². The van der Waals surface area contributed by atoms with E-state index in [1.807, 2.05) is 19.1 Å². The van der Waals surface area contributed by atoms with E-state index in [1.54, 1.807) is 6.07 Å². The summed E-state index contributed by atoms with van der Waals surface area (Å²) in [7, 11) is 0. The summed E-state index contributed by atoms with van der Waals surface area (Å²) in [5, 5.41) is 22.1. The fourth-order valence-corrected chi connectivity index (χ4v) is 7.02. The third kappa shape index (κ3) is 5.09. The van der Waals surface area contributed by atoms with Gasteiger partial charge in [-0.2, -0.15) is 10.5 Å². The fraction of sp³-hybridized carbons (Fsp3) is 0.0667. The van der Waals surface area contributed by atoms with Crippen molar-refractivity contribution in [2.24, 2.45) is 0 Å². The van der Waals surface area contributed by atoms with Crippen molar-refractivity contribution in [3.05, 3.63) is 168 Å². The second-order valence-corrected chi connectivity index (χ2v) is 12.4. The van der Waals surface area contributed by atoms with Gasteiger partial charge < -0.3 is 4.57 Å². The first-order valence-electron chi connectivity index (χ1n) is 16.3. The molecule has 1 aliphatic carbocycles. The Balaban J connectivity index is 1.30. The highest BCUT2D eigenvalue weighted by molar-refractivity contribution is 6.12. The Hall–Kier alpha value is -6.42. The van der Waals surface area contributed by atoms with Crippen molar-refractivity contribution in [3.8, 4) is 51.2 Å². The molecule has 0 saturated heterocycles. The van der Waals surface area contributed by atoms with Gasteiger partial charge in [-0.3, -0.25) is 0 Å². The van der Waals surface area contributed by atoms with Gasteiger partial charge in [-0.05, 0) is 106 Å². The minimum Gasteiger partial charge on any atom is -0.308 e. The second kappa shape index (κ2) is 12.1. The van der Waals surface area contributed by atoms with Crippen molar-refractivity contribution in [2.75, 3.05) is 0 Å². The molecule has 0 fully saturated rings. The van der Waals surface area contributed by atoms with E-state index < -0.39 is 0 Å². The van der Waals surface area contributed by atoms with Crippen molar-refractivity contribution >= 4 is 27.4 Å². The van der Waals surface area contributed by atoms with Gasteiger partial charge in [0.15, 0.2) is 0 Å². The minimum absolute atomic E-state index is 0.483. The van der Waals surface area contributed by atoms with Crippen molar-refractivity contribution in [3.63, 3.8) is 0 Å². The summed E-state index contributed by atoms with van der Waals surface area (Å²) in [6.45, 7) is 1.98. The van der Waals surface area contributed by atoms with Crippen molar-refractivity contribution in [1.82, 2.24) is 4.57 Å². The molecule has 8 rings (SSSR count). The molecule has 1 aromatic heterocycles. The van der Waals surface area contributed by atoms with E-state index in [9.17, 15) is 10.5 Å². The lowest BCUT2D eigenvalue weighted by Gasteiger charge is -2.14. The molecule has 0 spiro atoms. The van der Waals surface area contributed by atoms with Crippen LogP contribution in [0.25, 0.3) is 66.4 Å². The molecule has 7 aromatic rings. The molecule has 3 heteroatoms. The monoisotopic (exact) mass is 613 g/mol. The lowest BCUT2D eigenvalue weighted by atomic mass is 9.96. The van der Waals surface area contributed by atoms with E-state index in [4.69, 9.17) is 0 Å². The summed E-state index contributed by atoms with van der Waals surface area (Å²) in [6.07, 6.45) is 8.95. The lowest BCUT2D eigenvalue weighted by molar-refractivity contribution is 1.04. The first-order valence-corrected chi connectivity index (χ1v) is 16.3. The van der Waals surface area contributed by atoms with Gasteiger partial charge in [-0.1, -0.05) is 109 Å². The Kier molecular flexibility index (Phi) is 7.29. The number of rotatable bonds is 5. The average molecular weight is 614 g/mol. The summed E-state index contributed by atoms with van der Waals surface area (Å²) in [5.41, 5.74) is 14.1. The number of hydrogen-bond donors (Lipinski definition) is 0. The fourth-order valence-electron chi connectivity index (χ4n) is 7.02. The zero-order chi connectivity index (χ0) is 32.6. The van der Waals surface area contributed by atoms with Crippen LogP contribution in [0.4, 0.5) is 0 Å². The number of benzene rings is 6. The summed E-state index contributed by atoms with van der Waals surface area (Å²) in [4.78, 5) is 0. The molecule has 0 atom stereocenters. The largest absolute Gasteiger partial charge is 0.308 e. The van der Waals surface area contributed by atoms with Crippen molar-refractivity contribution in [2.45, 2.75) is 19.8 Å². The Bertz CT molecular complexity index is 2500. The van der Waals surface area contributed by atoms with Crippen LogP contribution in [0.15, 0.2) is 146 Å². The van der Waals surface area contributed by atoms with Gasteiger partial charge in [-0.25, -0.2) is 0 Å². The van der Waals surface area contributed by atoms with Crippen LogP contribution in [0, 0.1) is 29.6 Å². The van der Waals surface area contributed by atoms with E-state index in [-0.39, 0.29) is 0 Å². The summed E-state index contributed by atoms with van der Waals surface area (Å²) in [6, 6.07) is 49.3. The van der Waals surface area contributed by atoms with E-state index in [0.29, 0.717) is 11.1 Å². The first-order chi connectivity index (χ1) is 23.6. The summed E-state index contributed by atoms with van der Waals surface area (Å²) in [5.74, 6) is 0. The first kappa shape index (κ1) is 29.0. The van der Waals surface area contributed by atoms with Gasteiger partial charge >= 0.3 is 0 Å². The molecule has 48 heavy (non-hydrogen) atoms. The molecule has 0 N–H and O–H groups in total. The lowest BCUT2D eigenvalue weighted by Crippen LogP contribution is -2.01. The van der Waals surface area contributed by atoms with Gasteiger partial charge in [0.1, 0.15) is 6.07 Å². The Morgan fingerprint density at radius 2 is 1.08 bits per heavy atom. The molecule has 0 unspecified atom stereocenters. The maximum absolute atomic E-state index is 10.2. The quantitative estimate of drug-likeness (QED) is 0.194. The molecular formula is C45H31N3. The Morgan fingerprint density at radius 1 is 0.542 bits per heavy atom. The number of allylic oxidation sites excluding steroid dienone is 4. The average Bonchev–Trinajstić information content (AvgIpc) is 3.47. The third-order valence-corrected chi connectivity index (χ3v) is 9.41. The minimum atomic E-state index is 0.483. The van der Waals surface area contributed by atoms with Gasteiger partial charge in [0.05, 0.1) is 33.9 Å². The highest BCUT2D eigenvalue weighted by atomic mass is 15.0. The molecule has 226 valence electrons. The van der Waals surface area contributed by atoms with Crippen molar-refractivity contribution in [1.29, 1.82) is 10.5 Å². The zero-order valence-electron chi connectivity index (χ0n) is 26.6. The Labute approximate surface area is 280 Å². The van der Waals surface area contributed by atoms with E-state index in [1.165, 1.54) is 22.3 Å². The predicted molar refractivity (Wildman–Crippen MR) is 198 cm³/mol. The topological polar surface area (TPSA) is 52.5 Å². The molecule has 3 nitrogen and oxygen atoms in total.